The quantitative estimate of drug-likeness (QED) is 0.797. The Labute approximate surface area is 103 Å². The second kappa shape index (κ2) is 6.61. The van der Waals surface area contributed by atoms with E-state index in [9.17, 15) is 8.42 Å². The highest BCUT2D eigenvalue weighted by Crippen LogP contribution is 2.09. The van der Waals surface area contributed by atoms with Crippen molar-refractivity contribution < 1.29 is 13.2 Å². The molecule has 1 rings (SSSR count). The molecule has 0 aromatic heterocycles. The van der Waals surface area contributed by atoms with Crippen molar-refractivity contribution in [2.24, 2.45) is 5.73 Å². The maximum atomic E-state index is 10.9. The van der Waals surface area contributed by atoms with Crippen LogP contribution in [0.3, 0.4) is 0 Å². The Morgan fingerprint density at radius 3 is 2.47 bits per heavy atom. The summed E-state index contributed by atoms with van der Waals surface area (Å²) < 4.78 is 27.4. The standard InChI is InChI=1S/C12H19NO3S/c1-17(14,15)10-8-11(13)7-9-16-12-5-3-2-4-6-12/h2-6,11H,7-10,13H2,1H3. The summed E-state index contributed by atoms with van der Waals surface area (Å²) in [7, 11) is -2.92. The molecule has 0 aliphatic heterocycles. The molecular formula is C12H19NO3S. The number of rotatable bonds is 7. The Kier molecular flexibility index (Phi) is 5.44. The number of nitrogens with two attached hydrogens (primary N) is 1. The molecule has 0 spiro atoms. The molecule has 17 heavy (non-hydrogen) atoms. The van der Waals surface area contributed by atoms with Gasteiger partial charge in [-0.05, 0) is 25.0 Å². The summed E-state index contributed by atoms with van der Waals surface area (Å²) in [5, 5.41) is 0. The van der Waals surface area contributed by atoms with Crippen LogP contribution >= 0.6 is 0 Å². The van der Waals surface area contributed by atoms with E-state index in [2.05, 4.69) is 0 Å². The van der Waals surface area contributed by atoms with E-state index in [1.807, 2.05) is 30.3 Å². The Morgan fingerprint density at radius 2 is 1.88 bits per heavy atom. The van der Waals surface area contributed by atoms with Crippen LogP contribution in [0.5, 0.6) is 5.75 Å². The van der Waals surface area contributed by atoms with Crippen LogP contribution in [0.25, 0.3) is 0 Å². The summed E-state index contributed by atoms with van der Waals surface area (Å²) in [6, 6.07) is 9.35. The Hall–Kier alpha value is -1.07. The van der Waals surface area contributed by atoms with Gasteiger partial charge in [0.2, 0.25) is 0 Å². The fraction of sp³-hybridized carbons (Fsp3) is 0.500. The van der Waals surface area contributed by atoms with Gasteiger partial charge in [-0.15, -0.1) is 0 Å². The lowest BCUT2D eigenvalue weighted by Gasteiger charge is -2.11. The van der Waals surface area contributed by atoms with Gasteiger partial charge < -0.3 is 10.5 Å². The minimum atomic E-state index is -2.92. The monoisotopic (exact) mass is 257 g/mol. The van der Waals surface area contributed by atoms with Crippen molar-refractivity contribution in [2.45, 2.75) is 18.9 Å². The second-order valence-electron chi connectivity index (χ2n) is 4.13. The zero-order chi connectivity index (χ0) is 12.7. The Bertz CT molecular complexity index is 417. The van der Waals surface area contributed by atoms with Crippen LogP contribution in [0.1, 0.15) is 12.8 Å². The van der Waals surface area contributed by atoms with E-state index >= 15 is 0 Å². The van der Waals surface area contributed by atoms with Gasteiger partial charge in [0, 0.05) is 12.3 Å². The number of hydrogen-bond donors (Lipinski definition) is 1. The van der Waals surface area contributed by atoms with Gasteiger partial charge in [0.25, 0.3) is 0 Å². The molecule has 2 N–H and O–H groups in total. The van der Waals surface area contributed by atoms with Crippen LogP contribution in [-0.4, -0.2) is 33.1 Å². The highest BCUT2D eigenvalue weighted by Gasteiger charge is 2.08. The van der Waals surface area contributed by atoms with Gasteiger partial charge in [0.05, 0.1) is 12.4 Å². The van der Waals surface area contributed by atoms with Crippen molar-refractivity contribution in [3.63, 3.8) is 0 Å². The number of hydrogen-bond acceptors (Lipinski definition) is 4. The molecule has 0 fully saturated rings. The molecule has 0 amide bonds. The minimum Gasteiger partial charge on any atom is -0.494 e. The number of ether oxygens (including phenoxy) is 1. The van der Waals surface area contributed by atoms with Crippen LogP contribution in [0.15, 0.2) is 30.3 Å². The first-order chi connectivity index (χ1) is 7.97. The van der Waals surface area contributed by atoms with E-state index in [0.29, 0.717) is 19.4 Å². The molecule has 0 radical (unpaired) electrons. The molecule has 0 aliphatic carbocycles. The van der Waals surface area contributed by atoms with Crippen LogP contribution in [0.2, 0.25) is 0 Å². The smallest absolute Gasteiger partial charge is 0.147 e. The number of benzene rings is 1. The van der Waals surface area contributed by atoms with Gasteiger partial charge in [0.1, 0.15) is 15.6 Å². The van der Waals surface area contributed by atoms with Crippen LogP contribution in [-0.2, 0) is 9.84 Å². The fourth-order valence-electron chi connectivity index (χ4n) is 1.35. The van der Waals surface area contributed by atoms with Crippen molar-refractivity contribution in [1.82, 2.24) is 0 Å². The third kappa shape index (κ3) is 6.97. The van der Waals surface area contributed by atoms with Crippen molar-refractivity contribution in [1.29, 1.82) is 0 Å². The lowest BCUT2D eigenvalue weighted by Crippen LogP contribution is -2.25. The van der Waals surface area contributed by atoms with Gasteiger partial charge >= 0.3 is 0 Å². The molecule has 96 valence electrons. The minimum absolute atomic E-state index is 0.131. The highest BCUT2D eigenvalue weighted by atomic mass is 32.2. The van der Waals surface area contributed by atoms with Gasteiger partial charge in [-0.25, -0.2) is 8.42 Å². The van der Waals surface area contributed by atoms with Crippen molar-refractivity contribution >= 4 is 9.84 Å². The van der Waals surface area contributed by atoms with E-state index in [1.165, 1.54) is 6.26 Å². The van der Waals surface area contributed by atoms with E-state index in [-0.39, 0.29) is 11.8 Å². The predicted molar refractivity (Wildman–Crippen MR) is 68.9 cm³/mol. The first kappa shape index (κ1) is 14.0. The maximum Gasteiger partial charge on any atom is 0.147 e. The lowest BCUT2D eigenvalue weighted by atomic mass is 10.2. The molecule has 0 bridgehead atoms. The molecule has 0 saturated heterocycles. The van der Waals surface area contributed by atoms with Crippen LogP contribution in [0, 0.1) is 0 Å². The topological polar surface area (TPSA) is 69.4 Å². The van der Waals surface area contributed by atoms with Crippen LogP contribution < -0.4 is 10.5 Å². The molecule has 5 heteroatoms. The zero-order valence-electron chi connectivity index (χ0n) is 10.0. The molecule has 1 aromatic carbocycles. The van der Waals surface area contributed by atoms with Crippen LogP contribution in [0.4, 0.5) is 0 Å². The summed E-state index contributed by atoms with van der Waals surface area (Å²) in [5.41, 5.74) is 5.80. The zero-order valence-corrected chi connectivity index (χ0v) is 10.8. The molecule has 0 heterocycles. The Morgan fingerprint density at radius 1 is 1.24 bits per heavy atom. The second-order valence-corrected chi connectivity index (χ2v) is 6.39. The van der Waals surface area contributed by atoms with E-state index < -0.39 is 9.84 Å². The predicted octanol–water partition coefficient (Wildman–Crippen LogP) is 1.22. The van der Waals surface area contributed by atoms with Gasteiger partial charge in [0.15, 0.2) is 0 Å². The molecule has 1 aromatic rings. The van der Waals surface area contributed by atoms with Crippen molar-refractivity contribution in [3.05, 3.63) is 30.3 Å². The third-order valence-corrected chi connectivity index (χ3v) is 3.34. The van der Waals surface area contributed by atoms with E-state index in [0.717, 1.165) is 5.75 Å². The van der Waals surface area contributed by atoms with Crippen molar-refractivity contribution in [2.75, 3.05) is 18.6 Å². The highest BCUT2D eigenvalue weighted by molar-refractivity contribution is 7.90. The fourth-order valence-corrected chi connectivity index (χ4v) is 2.09. The molecular weight excluding hydrogens is 238 g/mol. The Balaban J connectivity index is 2.18. The van der Waals surface area contributed by atoms with Gasteiger partial charge in [-0.2, -0.15) is 0 Å². The maximum absolute atomic E-state index is 10.9. The van der Waals surface area contributed by atoms with Crippen molar-refractivity contribution in [3.8, 4) is 5.75 Å². The SMILES string of the molecule is CS(=O)(=O)CCC(N)CCOc1ccccc1. The lowest BCUT2D eigenvalue weighted by molar-refractivity contribution is 0.296. The summed E-state index contributed by atoms with van der Waals surface area (Å²) in [6.07, 6.45) is 2.36. The summed E-state index contributed by atoms with van der Waals surface area (Å²) in [5.74, 6) is 0.947. The first-order valence-electron chi connectivity index (χ1n) is 5.58. The summed E-state index contributed by atoms with van der Waals surface area (Å²) in [6.45, 7) is 0.509. The number of para-hydroxylation sites is 1. The third-order valence-electron chi connectivity index (χ3n) is 2.36. The molecule has 0 saturated carbocycles. The van der Waals surface area contributed by atoms with Gasteiger partial charge in [-0.3, -0.25) is 0 Å². The van der Waals surface area contributed by atoms with Gasteiger partial charge in [-0.1, -0.05) is 18.2 Å². The first-order valence-corrected chi connectivity index (χ1v) is 7.64. The average molecular weight is 257 g/mol. The molecule has 1 unspecified atom stereocenters. The van der Waals surface area contributed by atoms with E-state index in [4.69, 9.17) is 10.5 Å². The van der Waals surface area contributed by atoms with E-state index in [1.54, 1.807) is 0 Å². The molecule has 0 aliphatic rings. The molecule has 4 nitrogen and oxygen atoms in total. The largest absolute Gasteiger partial charge is 0.494 e. The summed E-state index contributed by atoms with van der Waals surface area (Å²) >= 11 is 0. The normalized spacial score (nSPS) is 13.3. The number of sulfone groups is 1. The molecule has 1 atom stereocenters. The summed E-state index contributed by atoms with van der Waals surface area (Å²) in [4.78, 5) is 0. The average Bonchev–Trinajstić information content (AvgIpc) is 2.27.